The summed E-state index contributed by atoms with van der Waals surface area (Å²) in [7, 11) is 0. The van der Waals surface area contributed by atoms with E-state index in [9.17, 15) is 4.79 Å². The van der Waals surface area contributed by atoms with E-state index in [1.54, 1.807) is 0 Å². The van der Waals surface area contributed by atoms with Crippen molar-refractivity contribution in [1.29, 1.82) is 0 Å². The molecule has 29 heavy (non-hydrogen) atoms. The molecule has 3 aromatic rings. The Balaban J connectivity index is 1.25. The highest BCUT2D eigenvalue weighted by atomic mass is 16.5. The Morgan fingerprint density at radius 1 is 0.862 bits per heavy atom. The van der Waals surface area contributed by atoms with Gasteiger partial charge in [0, 0.05) is 50.8 Å². The van der Waals surface area contributed by atoms with Crippen LogP contribution in [0.3, 0.4) is 0 Å². The Morgan fingerprint density at radius 3 is 2.21 bits per heavy atom. The molecule has 2 aromatic carbocycles. The van der Waals surface area contributed by atoms with Crippen LogP contribution in [-0.4, -0.2) is 47.0 Å². The highest BCUT2D eigenvalue weighted by Gasteiger charge is 2.21. The number of amides is 2. The van der Waals surface area contributed by atoms with Crippen LogP contribution in [-0.2, 0) is 6.54 Å². The monoisotopic (exact) mass is 388 g/mol. The van der Waals surface area contributed by atoms with Crippen molar-refractivity contribution < 1.29 is 9.53 Å². The number of carbonyl (C=O) groups is 1. The lowest BCUT2D eigenvalue weighted by Crippen LogP contribution is -2.49. The number of aromatic nitrogens is 1. The SMILES string of the molecule is O=C(Nc1ccc(Oc2ccccc2)cc1)N1CCN(Cc2ccncc2)CC1. The van der Waals surface area contributed by atoms with Gasteiger partial charge >= 0.3 is 6.03 Å². The Morgan fingerprint density at radius 2 is 1.52 bits per heavy atom. The van der Waals surface area contributed by atoms with Gasteiger partial charge in [0.2, 0.25) is 0 Å². The van der Waals surface area contributed by atoms with E-state index in [-0.39, 0.29) is 6.03 Å². The number of ether oxygens (including phenoxy) is 1. The summed E-state index contributed by atoms with van der Waals surface area (Å²) >= 11 is 0. The average molecular weight is 388 g/mol. The predicted octanol–water partition coefficient (Wildman–Crippen LogP) is 4.22. The highest BCUT2D eigenvalue weighted by Crippen LogP contribution is 2.22. The van der Waals surface area contributed by atoms with Crippen LogP contribution >= 0.6 is 0 Å². The zero-order chi connectivity index (χ0) is 19.9. The zero-order valence-electron chi connectivity index (χ0n) is 16.2. The number of para-hydroxylation sites is 1. The minimum atomic E-state index is -0.0645. The molecule has 0 aliphatic carbocycles. The molecule has 0 spiro atoms. The number of carbonyl (C=O) groups excluding carboxylic acids is 1. The first-order valence-corrected chi connectivity index (χ1v) is 9.76. The molecule has 2 heterocycles. The minimum Gasteiger partial charge on any atom is -0.457 e. The van der Waals surface area contributed by atoms with Crippen molar-refractivity contribution in [2.45, 2.75) is 6.54 Å². The van der Waals surface area contributed by atoms with Crippen molar-refractivity contribution in [3.63, 3.8) is 0 Å². The van der Waals surface area contributed by atoms with Gasteiger partial charge in [-0.3, -0.25) is 9.88 Å². The van der Waals surface area contributed by atoms with Crippen LogP contribution < -0.4 is 10.1 Å². The summed E-state index contributed by atoms with van der Waals surface area (Å²) in [6.45, 7) is 4.04. The maximum absolute atomic E-state index is 12.6. The molecule has 0 saturated carbocycles. The van der Waals surface area contributed by atoms with Crippen LogP contribution in [0.4, 0.5) is 10.5 Å². The molecule has 148 valence electrons. The summed E-state index contributed by atoms with van der Waals surface area (Å²) in [5.41, 5.74) is 2.00. The predicted molar refractivity (Wildman–Crippen MR) is 113 cm³/mol. The van der Waals surface area contributed by atoms with E-state index in [2.05, 4.69) is 15.2 Å². The number of anilines is 1. The number of pyridine rings is 1. The smallest absolute Gasteiger partial charge is 0.321 e. The molecule has 1 N–H and O–H groups in total. The highest BCUT2D eigenvalue weighted by molar-refractivity contribution is 5.89. The Hall–Kier alpha value is -3.38. The fourth-order valence-electron chi connectivity index (χ4n) is 3.29. The molecule has 4 rings (SSSR count). The fourth-order valence-corrected chi connectivity index (χ4v) is 3.29. The third-order valence-electron chi connectivity index (χ3n) is 4.90. The molecule has 1 aliphatic heterocycles. The second-order valence-corrected chi connectivity index (χ2v) is 6.99. The number of hydrogen-bond acceptors (Lipinski definition) is 4. The first-order chi connectivity index (χ1) is 14.3. The molecule has 0 bridgehead atoms. The van der Waals surface area contributed by atoms with Gasteiger partial charge in [0.1, 0.15) is 11.5 Å². The van der Waals surface area contributed by atoms with Gasteiger partial charge in [-0.1, -0.05) is 18.2 Å². The van der Waals surface area contributed by atoms with Crippen molar-refractivity contribution in [2.75, 3.05) is 31.5 Å². The molecule has 0 unspecified atom stereocenters. The largest absolute Gasteiger partial charge is 0.457 e. The van der Waals surface area contributed by atoms with Gasteiger partial charge in [0.05, 0.1) is 0 Å². The van der Waals surface area contributed by atoms with Crippen LogP contribution in [0.2, 0.25) is 0 Å². The van der Waals surface area contributed by atoms with E-state index in [4.69, 9.17) is 4.74 Å². The maximum Gasteiger partial charge on any atom is 0.321 e. The van der Waals surface area contributed by atoms with Crippen molar-refractivity contribution in [2.24, 2.45) is 0 Å². The lowest BCUT2D eigenvalue weighted by molar-refractivity contribution is 0.143. The van der Waals surface area contributed by atoms with Gasteiger partial charge in [-0.05, 0) is 54.1 Å². The number of benzene rings is 2. The molecule has 6 nitrogen and oxygen atoms in total. The number of rotatable bonds is 5. The minimum absolute atomic E-state index is 0.0645. The summed E-state index contributed by atoms with van der Waals surface area (Å²) in [6.07, 6.45) is 3.63. The van der Waals surface area contributed by atoms with E-state index in [0.29, 0.717) is 13.1 Å². The Kier molecular flexibility index (Phi) is 6.02. The van der Waals surface area contributed by atoms with E-state index < -0.39 is 0 Å². The summed E-state index contributed by atoms with van der Waals surface area (Å²) in [4.78, 5) is 20.8. The van der Waals surface area contributed by atoms with Gasteiger partial charge in [0.25, 0.3) is 0 Å². The van der Waals surface area contributed by atoms with Gasteiger partial charge in [-0.15, -0.1) is 0 Å². The molecule has 1 saturated heterocycles. The second kappa shape index (κ2) is 9.21. The second-order valence-electron chi connectivity index (χ2n) is 6.99. The zero-order valence-corrected chi connectivity index (χ0v) is 16.2. The van der Waals surface area contributed by atoms with Gasteiger partial charge in [-0.2, -0.15) is 0 Å². The van der Waals surface area contributed by atoms with Crippen molar-refractivity contribution in [3.05, 3.63) is 84.7 Å². The Bertz CT molecular complexity index is 909. The van der Waals surface area contributed by atoms with Crippen molar-refractivity contribution in [3.8, 4) is 11.5 Å². The van der Waals surface area contributed by atoms with Crippen molar-refractivity contribution in [1.82, 2.24) is 14.8 Å². The van der Waals surface area contributed by atoms with E-state index in [1.807, 2.05) is 84.0 Å². The van der Waals surface area contributed by atoms with Crippen molar-refractivity contribution >= 4 is 11.7 Å². The lowest BCUT2D eigenvalue weighted by Gasteiger charge is -2.34. The van der Waals surface area contributed by atoms with Crippen LogP contribution in [0, 0.1) is 0 Å². The molecule has 1 aliphatic rings. The number of piperazine rings is 1. The summed E-state index contributed by atoms with van der Waals surface area (Å²) < 4.78 is 5.78. The van der Waals surface area contributed by atoms with E-state index >= 15 is 0 Å². The number of urea groups is 1. The van der Waals surface area contributed by atoms with Gasteiger partial charge in [0.15, 0.2) is 0 Å². The average Bonchev–Trinajstić information content (AvgIpc) is 2.77. The molecule has 1 aromatic heterocycles. The summed E-state index contributed by atoms with van der Waals surface area (Å²) in [6, 6.07) is 21.1. The third kappa shape index (κ3) is 5.33. The standard InChI is InChI=1S/C23H24N4O2/c28-23(27-16-14-26(15-17-27)18-19-10-12-24-13-11-19)25-20-6-8-22(9-7-20)29-21-4-2-1-3-5-21/h1-13H,14-18H2,(H,25,28). The quantitative estimate of drug-likeness (QED) is 0.711. The number of nitrogens with zero attached hydrogens (tertiary/aromatic N) is 3. The molecule has 6 heteroatoms. The van der Waals surface area contributed by atoms with E-state index in [1.165, 1.54) is 5.56 Å². The molecular weight excluding hydrogens is 364 g/mol. The number of nitrogens with one attached hydrogen (secondary N) is 1. The topological polar surface area (TPSA) is 57.7 Å². The van der Waals surface area contributed by atoms with Gasteiger partial charge in [-0.25, -0.2) is 4.79 Å². The lowest BCUT2D eigenvalue weighted by atomic mass is 10.2. The normalized spacial score (nSPS) is 14.4. The summed E-state index contributed by atoms with van der Waals surface area (Å²) in [5.74, 6) is 1.52. The van der Waals surface area contributed by atoms with Crippen LogP contribution in [0.15, 0.2) is 79.1 Å². The fraction of sp³-hybridized carbons (Fsp3) is 0.217. The maximum atomic E-state index is 12.6. The van der Waals surface area contributed by atoms with Crippen LogP contribution in [0.5, 0.6) is 11.5 Å². The summed E-state index contributed by atoms with van der Waals surface area (Å²) in [5, 5.41) is 2.97. The molecule has 2 amide bonds. The molecular formula is C23H24N4O2. The molecule has 0 atom stereocenters. The van der Waals surface area contributed by atoms with Crippen LogP contribution in [0.25, 0.3) is 0 Å². The van der Waals surface area contributed by atoms with Gasteiger partial charge < -0.3 is 15.0 Å². The van der Waals surface area contributed by atoms with Crippen LogP contribution in [0.1, 0.15) is 5.56 Å². The first-order valence-electron chi connectivity index (χ1n) is 9.76. The first kappa shape index (κ1) is 19.0. The Labute approximate surface area is 170 Å². The number of hydrogen-bond donors (Lipinski definition) is 1. The molecule has 1 fully saturated rings. The molecule has 0 radical (unpaired) electrons. The van der Waals surface area contributed by atoms with E-state index in [0.717, 1.165) is 36.8 Å². The third-order valence-corrected chi connectivity index (χ3v) is 4.90.